The molecule has 2 aromatic rings. The SMILES string of the molecule is NC(=O)c1c(Nc2ccc(I)cc2F)cc(F)cc1OC1CC(O)C(O)C1. The number of aliphatic hydroxyl groups is 2. The first-order valence-corrected chi connectivity index (χ1v) is 9.20. The highest BCUT2D eigenvalue weighted by Crippen LogP contribution is 2.34. The Morgan fingerprint density at radius 1 is 1.15 bits per heavy atom. The minimum absolute atomic E-state index is 0.0428. The number of hydrogen-bond donors (Lipinski definition) is 4. The van der Waals surface area contributed by atoms with E-state index in [4.69, 9.17) is 10.5 Å². The Balaban J connectivity index is 1.96. The summed E-state index contributed by atoms with van der Waals surface area (Å²) in [6, 6.07) is 6.39. The van der Waals surface area contributed by atoms with Gasteiger partial charge in [-0.05, 0) is 46.9 Å². The largest absolute Gasteiger partial charge is 0.489 e. The monoisotopic (exact) mass is 490 g/mol. The maximum atomic E-state index is 14.1. The van der Waals surface area contributed by atoms with Gasteiger partial charge >= 0.3 is 0 Å². The molecule has 0 heterocycles. The van der Waals surface area contributed by atoms with Crippen molar-refractivity contribution in [2.24, 2.45) is 5.73 Å². The van der Waals surface area contributed by atoms with Crippen molar-refractivity contribution in [1.82, 2.24) is 0 Å². The highest BCUT2D eigenvalue weighted by molar-refractivity contribution is 14.1. The quantitative estimate of drug-likeness (QED) is 0.483. The highest BCUT2D eigenvalue weighted by atomic mass is 127. The molecule has 9 heteroatoms. The third kappa shape index (κ3) is 4.47. The van der Waals surface area contributed by atoms with Gasteiger partial charge in [0, 0.05) is 22.5 Å². The summed E-state index contributed by atoms with van der Waals surface area (Å²) in [5.41, 5.74) is 5.29. The van der Waals surface area contributed by atoms with E-state index in [0.717, 1.165) is 12.1 Å². The van der Waals surface area contributed by atoms with Crippen LogP contribution in [0.3, 0.4) is 0 Å². The molecule has 0 bridgehead atoms. The Kier molecular flexibility index (Phi) is 5.82. The summed E-state index contributed by atoms with van der Waals surface area (Å²) in [4.78, 5) is 12.0. The number of benzene rings is 2. The summed E-state index contributed by atoms with van der Waals surface area (Å²) in [6.07, 6.45) is -2.27. The van der Waals surface area contributed by atoms with E-state index in [1.54, 1.807) is 6.07 Å². The smallest absolute Gasteiger partial charge is 0.254 e. The molecule has 2 aromatic carbocycles. The first-order chi connectivity index (χ1) is 12.7. The lowest BCUT2D eigenvalue weighted by Gasteiger charge is -2.19. The Morgan fingerprint density at radius 3 is 2.41 bits per heavy atom. The molecule has 0 radical (unpaired) electrons. The van der Waals surface area contributed by atoms with E-state index >= 15 is 0 Å². The second-order valence-corrected chi connectivity index (χ2v) is 7.53. The molecular formula is C18H17F2IN2O4. The number of ether oxygens (including phenoxy) is 1. The lowest BCUT2D eigenvalue weighted by molar-refractivity contribution is 0.0438. The zero-order valence-electron chi connectivity index (χ0n) is 14.0. The molecule has 1 saturated carbocycles. The number of carbonyl (C=O) groups is 1. The van der Waals surface area contributed by atoms with Crippen molar-refractivity contribution in [1.29, 1.82) is 0 Å². The second kappa shape index (κ2) is 7.95. The van der Waals surface area contributed by atoms with E-state index in [1.807, 2.05) is 22.6 Å². The molecule has 0 saturated heterocycles. The van der Waals surface area contributed by atoms with Crippen LogP contribution in [0.25, 0.3) is 0 Å². The van der Waals surface area contributed by atoms with Crippen LogP contribution in [0.2, 0.25) is 0 Å². The standard InChI is InChI=1S/C18H17F2IN2O4/c19-8-3-13(23-12-2-1-9(21)5-11(12)20)17(18(22)26)16(4-8)27-10-6-14(24)15(25)7-10/h1-5,10,14-15,23-25H,6-7H2,(H2,22,26). The summed E-state index contributed by atoms with van der Waals surface area (Å²) in [7, 11) is 0. The number of nitrogens with one attached hydrogen (secondary N) is 1. The van der Waals surface area contributed by atoms with Crippen molar-refractivity contribution in [3.8, 4) is 5.75 Å². The molecule has 2 unspecified atom stereocenters. The van der Waals surface area contributed by atoms with Gasteiger partial charge in [-0.2, -0.15) is 0 Å². The molecule has 1 fully saturated rings. The normalized spacial score (nSPS) is 21.9. The number of hydrogen-bond acceptors (Lipinski definition) is 5. The van der Waals surface area contributed by atoms with Gasteiger partial charge in [-0.25, -0.2) is 8.78 Å². The average molecular weight is 490 g/mol. The van der Waals surface area contributed by atoms with Crippen LogP contribution in [0.5, 0.6) is 5.75 Å². The van der Waals surface area contributed by atoms with Crippen LogP contribution >= 0.6 is 22.6 Å². The fourth-order valence-electron chi connectivity index (χ4n) is 2.99. The second-order valence-electron chi connectivity index (χ2n) is 6.29. The van der Waals surface area contributed by atoms with Gasteiger partial charge in [0.15, 0.2) is 0 Å². The Labute approximate surface area is 167 Å². The number of aliphatic hydroxyl groups excluding tert-OH is 2. The van der Waals surface area contributed by atoms with Crippen LogP contribution < -0.4 is 15.8 Å². The molecule has 6 nitrogen and oxygen atoms in total. The van der Waals surface area contributed by atoms with Crippen molar-refractivity contribution in [3.05, 3.63) is 51.1 Å². The van der Waals surface area contributed by atoms with Crippen LogP contribution in [-0.4, -0.2) is 34.4 Å². The lowest BCUT2D eigenvalue weighted by Crippen LogP contribution is -2.20. The summed E-state index contributed by atoms with van der Waals surface area (Å²) < 4.78 is 34.5. The fourth-order valence-corrected chi connectivity index (χ4v) is 3.44. The first kappa shape index (κ1) is 19.8. The number of primary amides is 1. The summed E-state index contributed by atoms with van der Waals surface area (Å²) in [5, 5.41) is 21.9. The van der Waals surface area contributed by atoms with E-state index < -0.39 is 35.9 Å². The van der Waals surface area contributed by atoms with Gasteiger partial charge in [0.2, 0.25) is 0 Å². The number of carbonyl (C=O) groups excluding carboxylic acids is 1. The molecule has 2 atom stereocenters. The molecular weight excluding hydrogens is 473 g/mol. The van der Waals surface area contributed by atoms with Crippen molar-refractivity contribution in [2.45, 2.75) is 31.2 Å². The summed E-state index contributed by atoms with van der Waals surface area (Å²) in [5.74, 6) is -2.33. The third-order valence-corrected chi connectivity index (χ3v) is 4.93. The lowest BCUT2D eigenvalue weighted by atomic mass is 10.1. The third-order valence-electron chi connectivity index (χ3n) is 4.26. The number of anilines is 2. The van der Waals surface area contributed by atoms with Crippen LogP contribution in [0.15, 0.2) is 30.3 Å². The van der Waals surface area contributed by atoms with Crippen LogP contribution in [-0.2, 0) is 0 Å². The van der Waals surface area contributed by atoms with E-state index in [0.29, 0.717) is 3.57 Å². The van der Waals surface area contributed by atoms with Gasteiger partial charge < -0.3 is 26.0 Å². The topological polar surface area (TPSA) is 105 Å². The van der Waals surface area contributed by atoms with Gasteiger partial charge in [-0.3, -0.25) is 4.79 Å². The zero-order chi connectivity index (χ0) is 19.7. The van der Waals surface area contributed by atoms with Crippen LogP contribution in [0, 0.1) is 15.2 Å². The Hall–Kier alpha value is -1.98. The molecule has 1 aliphatic rings. The van der Waals surface area contributed by atoms with Gasteiger partial charge in [-0.1, -0.05) is 0 Å². The maximum absolute atomic E-state index is 14.1. The predicted octanol–water partition coefficient (Wildman–Crippen LogP) is 2.67. The molecule has 144 valence electrons. The van der Waals surface area contributed by atoms with Crippen LogP contribution in [0.4, 0.5) is 20.2 Å². The van der Waals surface area contributed by atoms with Crippen molar-refractivity contribution >= 4 is 39.9 Å². The minimum atomic E-state index is -0.959. The Bertz CT molecular complexity index is 871. The summed E-state index contributed by atoms with van der Waals surface area (Å²) in [6.45, 7) is 0. The molecule has 5 N–H and O–H groups in total. The minimum Gasteiger partial charge on any atom is -0.489 e. The van der Waals surface area contributed by atoms with Crippen LogP contribution in [0.1, 0.15) is 23.2 Å². The number of nitrogens with two attached hydrogens (primary N) is 1. The van der Waals surface area contributed by atoms with Gasteiger partial charge in [0.25, 0.3) is 5.91 Å². The molecule has 1 aliphatic carbocycles. The average Bonchev–Trinajstić information content (AvgIpc) is 2.87. The molecule has 0 aliphatic heterocycles. The number of rotatable bonds is 5. The molecule has 0 aromatic heterocycles. The maximum Gasteiger partial charge on any atom is 0.254 e. The van der Waals surface area contributed by atoms with E-state index in [9.17, 15) is 23.8 Å². The van der Waals surface area contributed by atoms with Gasteiger partial charge in [0.1, 0.15) is 29.1 Å². The van der Waals surface area contributed by atoms with Crippen molar-refractivity contribution in [2.75, 3.05) is 5.32 Å². The number of amides is 1. The zero-order valence-corrected chi connectivity index (χ0v) is 16.1. The van der Waals surface area contributed by atoms with E-state index in [2.05, 4.69) is 5.32 Å². The first-order valence-electron chi connectivity index (χ1n) is 8.13. The molecule has 27 heavy (non-hydrogen) atoms. The van der Waals surface area contributed by atoms with E-state index in [1.165, 1.54) is 12.1 Å². The van der Waals surface area contributed by atoms with Crippen molar-refractivity contribution in [3.63, 3.8) is 0 Å². The summed E-state index contributed by atoms with van der Waals surface area (Å²) >= 11 is 1.95. The van der Waals surface area contributed by atoms with Gasteiger partial charge in [-0.15, -0.1) is 0 Å². The Morgan fingerprint density at radius 2 is 1.81 bits per heavy atom. The van der Waals surface area contributed by atoms with E-state index in [-0.39, 0.29) is 35.5 Å². The molecule has 0 spiro atoms. The highest BCUT2D eigenvalue weighted by Gasteiger charge is 2.34. The molecule has 1 amide bonds. The van der Waals surface area contributed by atoms with Gasteiger partial charge in [0.05, 0.1) is 23.6 Å². The number of halogens is 3. The van der Waals surface area contributed by atoms with Crippen molar-refractivity contribution < 1.29 is 28.5 Å². The fraction of sp³-hybridized carbons (Fsp3) is 0.278. The molecule has 3 rings (SSSR count). The predicted molar refractivity (Wildman–Crippen MR) is 103 cm³/mol.